The third-order valence-corrected chi connectivity index (χ3v) is 2.35. The quantitative estimate of drug-likeness (QED) is 0.652. The van der Waals surface area contributed by atoms with Gasteiger partial charge in [0.1, 0.15) is 5.82 Å². The van der Waals surface area contributed by atoms with Crippen LogP contribution in [0.4, 0.5) is 0 Å². The molecule has 0 amide bonds. The Bertz CT molecular complexity index is 347. The zero-order valence-electron chi connectivity index (χ0n) is 7.71. The summed E-state index contributed by atoms with van der Waals surface area (Å²) in [5.41, 5.74) is 1.69. The molecule has 3 heteroatoms. The molecule has 0 N–H and O–H groups in total. The van der Waals surface area contributed by atoms with Crippen molar-refractivity contribution in [2.24, 2.45) is 0 Å². The minimum absolute atomic E-state index is 0.198. The van der Waals surface area contributed by atoms with Gasteiger partial charge in [0, 0.05) is 19.0 Å². The highest BCUT2D eigenvalue weighted by molar-refractivity contribution is 5.97. The number of Topliss-reactive ketones (excluding diaryl/α,β-unsaturated/α-hetero) is 1. The van der Waals surface area contributed by atoms with E-state index >= 15 is 0 Å². The van der Waals surface area contributed by atoms with Crippen LogP contribution < -0.4 is 0 Å². The molecule has 0 fully saturated rings. The first-order valence-corrected chi connectivity index (χ1v) is 4.69. The molecule has 3 nitrogen and oxygen atoms in total. The zero-order chi connectivity index (χ0) is 9.26. The van der Waals surface area contributed by atoms with Crippen LogP contribution in [0.3, 0.4) is 0 Å². The van der Waals surface area contributed by atoms with E-state index in [1.807, 2.05) is 6.92 Å². The molecule has 1 aromatic heterocycles. The molecule has 2 rings (SSSR count). The molecule has 0 unspecified atom stereocenters. The molecule has 1 aromatic rings. The monoisotopic (exact) mass is 176 g/mol. The van der Waals surface area contributed by atoms with Crippen molar-refractivity contribution >= 4 is 5.78 Å². The van der Waals surface area contributed by atoms with Crippen LogP contribution in [0.25, 0.3) is 0 Å². The molecule has 0 radical (unpaired) electrons. The van der Waals surface area contributed by atoms with Gasteiger partial charge < -0.3 is 0 Å². The van der Waals surface area contributed by atoms with Crippen LogP contribution in [0.15, 0.2) is 6.20 Å². The lowest BCUT2D eigenvalue weighted by molar-refractivity contribution is 0.0971. The predicted octanol–water partition coefficient (Wildman–Crippen LogP) is 1.56. The highest BCUT2D eigenvalue weighted by Gasteiger charge is 2.18. The van der Waals surface area contributed by atoms with Crippen LogP contribution in [-0.4, -0.2) is 15.8 Å². The van der Waals surface area contributed by atoms with Gasteiger partial charge in [-0.05, 0) is 12.8 Å². The van der Waals surface area contributed by atoms with Gasteiger partial charge in [-0.1, -0.05) is 6.92 Å². The number of carbonyl (C=O) groups is 1. The van der Waals surface area contributed by atoms with E-state index in [1.54, 1.807) is 6.20 Å². The molecule has 1 aliphatic carbocycles. The topological polar surface area (TPSA) is 42.9 Å². The van der Waals surface area contributed by atoms with Gasteiger partial charge in [-0.15, -0.1) is 0 Å². The zero-order valence-corrected chi connectivity index (χ0v) is 7.71. The fraction of sp³-hybridized carbons (Fsp3) is 0.500. The number of hydrogen-bond donors (Lipinski definition) is 0. The molecule has 1 aliphatic rings. The minimum atomic E-state index is 0.198. The molecule has 0 spiro atoms. The lowest BCUT2D eigenvalue weighted by atomic mass is 9.96. The largest absolute Gasteiger partial charge is 0.294 e. The first-order chi connectivity index (χ1) is 6.31. The van der Waals surface area contributed by atoms with Gasteiger partial charge >= 0.3 is 0 Å². The van der Waals surface area contributed by atoms with Crippen molar-refractivity contribution in [2.75, 3.05) is 0 Å². The molecule has 0 saturated carbocycles. The van der Waals surface area contributed by atoms with Crippen LogP contribution in [0, 0.1) is 0 Å². The van der Waals surface area contributed by atoms with E-state index in [2.05, 4.69) is 9.97 Å². The number of ketones is 1. The fourth-order valence-corrected chi connectivity index (χ4v) is 1.60. The van der Waals surface area contributed by atoms with Gasteiger partial charge in [-0.3, -0.25) is 4.79 Å². The normalized spacial score (nSPS) is 15.6. The molecule has 0 bridgehead atoms. The Kier molecular flexibility index (Phi) is 2.08. The molecular weight excluding hydrogens is 164 g/mol. The number of carbonyl (C=O) groups excluding carboxylic acids is 1. The second-order valence-corrected chi connectivity index (χ2v) is 3.28. The maximum absolute atomic E-state index is 11.4. The lowest BCUT2D eigenvalue weighted by Gasteiger charge is -2.13. The summed E-state index contributed by atoms with van der Waals surface area (Å²) >= 11 is 0. The van der Waals surface area contributed by atoms with E-state index in [-0.39, 0.29) is 5.78 Å². The van der Waals surface area contributed by atoms with Crippen LogP contribution in [-0.2, 0) is 12.8 Å². The fourth-order valence-electron chi connectivity index (χ4n) is 1.60. The Labute approximate surface area is 77.2 Å². The van der Waals surface area contributed by atoms with Crippen molar-refractivity contribution in [3.63, 3.8) is 0 Å². The minimum Gasteiger partial charge on any atom is -0.294 e. The summed E-state index contributed by atoms with van der Waals surface area (Å²) in [5, 5.41) is 0. The summed E-state index contributed by atoms with van der Waals surface area (Å²) in [6.45, 7) is 2.02. The van der Waals surface area contributed by atoms with Crippen molar-refractivity contribution < 1.29 is 4.79 Å². The maximum atomic E-state index is 11.4. The van der Waals surface area contributed by atoms with E-state index in [9.17, 15) is 4.79 Å². The summed E-state index contributed by atoms with van der Waals surface area (Å²) in [6.07, 6.45) is 5.04. The Hall–Kier alpha value is -1.25. The Morgan fingerprint density at radius 3 is 3.08 bits per heavy atom. The number of rotatable bonds is 1. The maximum Gasteiger partial charge on any atom is 0.166 e. The third kappa shape index (κ3) is 1.46. The van der Waals surface area contributed by atoms with Crippen LogP contribution in [0.5, 0.6) is 0 Å². The Balaban J connectivity index is 2.45. The summed E-state index contributed by atoms with van der Waals surface area (Å²) in [5.74, 6) is 1.04. The molecule has 0 aromatic carbocycles. The number of nitrogens with zero attached hydrogens (tertiary/aromatic N) is 2. The van der Waals surface area contributed by atoms with Gasteiger partial charge in [0.25, 0.3) is 0 Å². The molecule has 0 atom stereocenters. The number of aryl methyl sites for hydroxylation is 2. The third-order valence-electron chi connectivity index (χ3n) is 2.35. The van der Waals surface area contributed by atoms with Crippen molar-refractivity contribution in [1.82, 2.24) is 9.97 Å². The van der Waals surface area contributed by atoms with Gasteiger partial charge in [0.2, 0.25) is 0 Å². The lowest BCUT2D eigenvalue weighted by Crippen LogP contribution is -2.14. The summed E-state index contributed by atoms with van der Waals surface area (Å²) in [6, 6.07) is 0. The van der Waals surface area contributed by atoms with E-state index < -0.39 is 0 Å². The van der Waals surface area contributed by atoms with E-state index in [4.69, 9.17) is 0 Å². The number of fused-ring (bicyclic) bond motifs is 1. The summed E-state index contributed by atoms with van der Waals surface area (Å²) in [7, 11) is 0. The average molecular weight is 176 g/mol. The van der Waals surface area contributed by atoms with E-state index in [1.165, 1.54) is 0 Å². The van der Waals surface area contributed by atoms with Crippen LogP contribution in [0.2, 0.25) is 0 Å². The smallest absolute Gasteiger partial charge is 0.166 e. The highest BCUT2D eigenvalue weighted by Crippen LogP contribution is 2.18. The van der Waals surface area contributed by atoms with Crippen LogP contribution in [0.1, 0.15) is 41.6 Å². The molecular formula is C10H12N2O. The first-order valence-electron chi connectivity index (χ1n) is 4.69. The Morgan fingerprint density at radius 2 is 2.31 bits per heavy atom. The van der Waals surface area contributed by atoms with Gasteiger partial charge in [0.05, 0.1) is 11.3 Å². The number of hydrogen-bond acceptors (Lipinski definition) is 3. The molecule has 0 saturated heterocycles. The molecule has 1 heterocycles. The Morgan fingerprint density at radius 1 is 1.46 bits per heavy atom. The molecule has 68 valence electrons. The standard InChI is InChI=1S/C10H12N2O/c1-2-10-11-6-7-8(12-10)4-3-5-9(7)13/h6H,2-5H2,1H3. The van der Waals surface area contributed by atoms with Crippen molar-refractivity contribution in [1.29, 1.82) is 0 Å². The van der Waals surface area contributed by atoms with E-state index in [0.717, 1.165) is 36.3 Å². The molecule has 13 heavy (non-hydrogen) atoms. The van der Waals surface area contributed by atoms with Gasteiger partial charge in [-0.2, -0.15) is 0 Å². The van der Waals surface area contributed by atoms with Gasteiger partial charge in [0.15, 0.2) is 5.78 Å². The summed E-state index contributed by atoms with van der Waals surface area (Å²) in [4.78, 5) is 19.9. The van der Waals surface area contributed by atoms with Crippen molar-refractivity contribution in [3.8, 4) is 0 Å². The summed E-state index contributed by atoms with van der Waals surface area (Å²) < 4.78 is 0. The number of aromatic nitrogens is 2. The average Bonchev–Trinajstić information content (AvgIpc) is 2.18. The SMILES string of the molecule is CCc1ncc2c(n1)CCCC2=O. The van der Waals surface area contributed by atoms with Crippen molar-refractivity contribution in [2.45, 2.75) is 32.6 Å². The predicted molar refractivity (Wildman–Crippen MR) is 48.7 cm³/mol. The highest BCUT2D eigenvalue weighted by atomic mass is 16.1. The van der Waals surface area contributed by atoms with Crippen LogP contribution >= 0.6 is 0 Å². The van der Waals surface area contributed by atoms with E-state index in [0.29, 0.717) is 6.42 Å². The van der Waals surface area contributed by atoms with Gasteiger partial charge in [-0.25, -0.2) is 9.97 Å². The van der Waals surface area contributed by atoms with Crippen molar-refractivity contribution in [3.05, 3.63) is 23.3 Å². The first kappa shape index (κ1) is 8.35. The molecule has 0 aliphatic heterocycles. The second kappa shape index (κ2) is 3.24. The second-order valence-electron chi connectivity index (χ2n) is 3.28.